The maximum absolute atomic E-state index is 11.7. The number of carbonyl (C=O) groups excluding carboxylic acids is 1. The summed E-state index contributed by atoms with van der Waals surface area (Å²) in [7, 11) is -7.38. The zero-order chi connectivity index (χ0) is 12.6. The molecule has 8 heteroatoms. The van der Waals surface area contributed by atoms with Crippen molar-refractivity contribution in [3.05, 3.63) is 0 Å². The van der Waals surface area contributed by atoms with Gasteiger partial charge in [-0.3, -0.25) is 4.79 Å². The van der Waals surface area contributed by atoms with Crippen molar-refractivity contribution in [2.75, 3.05) is 24.4 Å². The molecule has 0 amide bonds. The lowest BCUT2D eigenvalue weighted by Gasteiger charge is -2.28. The van der Waals surface area contributed by atoms with Gasteiger partial charge >= 0.3 is 0 Å². The van der Waals surface area contributed by atoms with Gasteiger partial charge in [0.15, 0.2) is 14.9 Å². The van der Waals surface area contributed by atoms with Crippen LogP contribution >= 0.6 is 0 Å². The number of sulfone groups is 1. The van der Waals surface area contributed by atoms with Crippen molar-refractivity contribution in [2.45, 2.75) is 13.3 Å². The van der Waals surface area contributed by atoms with Crippen molar-refractivity contribution in [2.24, 2.45) is 5.92 Å². The molecule has 0 radical (unpaired) electrons. The first-order chi connectivity index (χ1) is 7.12. The highest BCUT2D eigenvalue weighted by molar-refractivity contribution is 8.06. The quantitative estimate of drug-likeness (QED) is 0.671. The smallest absolute Gasteiger partial charge is 0.228 e. The third-order valence-corrected chi connectivity index (χ3v) is 6.41. The van der Waals surface area contributed by atoms with Crippen LogP contribution in [0.3, 0.4) is 0 Å². The molecular formula is C8H15NO5S2. The number of carbonyl (C=O) groups is 1. The monoisotopic (exact) mass is 269 g/mol. The van der Waals surface area contributed by atoms with Crippen LogP contribution in [0.15, 0.2) is 0 Å². The van der Waals surface area contributed by atoms with E-state index in [1.807, 2.05) is 0 Å². The van der Waals surface area contributed by atoms with Crippen LogP contribution in [0.4, 0.5) is 0 Å². The van der Waals surface area contributed by atoms with E-state index in [0.717, 1.165) is 10.6 Å². The number of Topliss-reactive ketones (excluding diaryl/α,β-unsaturated/α-hetero) is 1. The first-order valence-corrected chi connectivity index (χ1v) is 8.47. The van der Waals surface area contributed by atoms with Crippen molar-refractivity contribution in [3.8, 4) is 0 Å². The van der Waals surface area contributed by atoms with Crippen LogP contribution in [0.1, 0.15) is 13.3 Å². The molecule has 0 saturated carbocycles. The fraction of sp³-hybridized carbons (Fsp3) is 0.875. The molecule has 0 spiro atoms. The maximum atomic E-state index is 11.7. The number of hydrogen-bond acceptors (Lipinski definition) is 5. The minimum absolute atomic E-state index is 0.0193. The Morgan fingerprint density at radius 2 is 1.88 bits per heavy atom. The van der Waals surface area contributed by atoms with Gasteiger partial charge in [-0.05, 0) is 0 Å². The number of rotatable bonds is 3. The first-order valence-electron chi connectivity index (χ1n) is 4.80. The molecule has 0 bridgehead atoms. The van der Waals surface area contributed by atoms with E-state index in [-0.39, 0.29) is 31.2 Å². The van der Waals surface area contributed by atoms with Crippen LogP contribution in [0.25, 0.3) is 0 Å². The largest absolute Gasteiger partial charge is 0.299 e. The number of nitrogens with zero attached hydrogens (tertiary/aromatic N) is 1. The Hall–Kier alpha value is -0.470. The molecule has 0 N–H and O–H groups in total. The Bertz CT molecular complexity index is 479. The fourth-order valence-electron chi connectivity index (χ4n) is 1.58. The van der Waals surface area contributed by atoms with Gasteiger partial charge in [0.1, 0.15) is 5.78 Å². The highest BCUT2D eigenvalue weighted by Gasteiger charge is 2.33. The normalized spacial score (nSPS) is 24.6. The van der Waals surface area contributed by atoms with E-state index in [4.69, 9.17) is 0 Å². The average Bonchev–Trinajstić information content (AvgIpc) is 2.05. The topological polar surface area (TPSA) is 88.6 Å². The summed E-state index contributed by atoms with van der Waals surface area (Å²) in [6.07, 6.45) is 1.03. The van der Waals surface area contributed by atoms with E-state index >= 15 is 0 Å². The van der Waals surface area contributed by atoms with Crippen LogP contribution in [-0.4, -0.2) is 51.4 Å². The SMILES string of the molecule is CC1CN(S(=O)(=O)CS(C)(=O)=O)CCC1=O. The summed E-state index contributed by atoms with van der Waals surface area (Å²) in [5.41, 5.74) is 0. The molecule has 16 heavy (non-hydrogen) atoms. The molecule has 94 valence electrons. The lowest BCUT2D eigenvalue weighted by Crippen LogP contribution is -2.44. The average molecular weight is 269 g/mol. The van der Waals surface area contributed by atoms with Gasteiger partial charge < -0.3 is 0 Å². The zero-order valence-corrected chi connectivity index (χ0v) is 10.8. The molecule has 1 rings (SSSR count). The molecule has 1 aliphatic heterocycles. The maximum Gasteiger partial charge on any atom is 0.228 e. The number of sulfonamides is 1. The summed E-state index contributed by atoms with van der Waals surface area (Å²) in [5.74, 6) is -0.339. The molecule has 1 saturated heterocycles. The summed E-state index contributed by atoms with van der Waals surface area (Å²) < 4.78 is 46.4. The van der Waals surface area contributed by atoms with Crippen LogP contribution in [-0.2, 0) is 24.7 Å². The van der Waals surface area contributed by atoms with Gasteiger partial charge in [-0.25, -0.2) is 16.8 Å². The second-order valence-electron chi connectivity index (χ2n) is 4.13. The third kappa shape index (κ3) is 3.53. The second kappa shape index (κ2) is 4.42. The van der Waals surface area contributed by atoms with Gasteiger partial charge in [0.25, 0.3) is 0 Å². The lowest BCUT2D eigenvalue weighted by molar-refractivity contribution is -0.124. The van der Waals surface area contributed by atoms with E-state index < -0.39 is 24.9 Å². The zero-order valence-electron chi connectivity index (χ0n) is 9.21. The highest BCUT2D eigenvalue weighted by atomic mass is 32.3. The summed E-state index contributed by atoms with van der Waals surface area (Å²) in [5, 5.41) is -0.888. The standard InChI is InChI=1S/C8H15NO5S2/c1-7-5-9(4-3-8(7)10)16(13,14)6-15(2,11)12/h7H,3-6H2,1-2H3. The fourth-order valence-corrected chi connectivity index (χ4v) is 5.16. The number of ketones is 1. The van der Waals surface area contributed by atoms with Crippen molar-refractivity contribution in [3.63, 3.8) is 0 Å². The minimum Gasteiger partial charge on any atom is -0.299 e. The molecule has 0 aromatic heterocycles. The lowest BCUT2D eigenvalue weighted by atomic mass is 10.0. The number of piperidine rings is 1. The Balaban J connectivity index is 2.82. The first kappa shape index (κ1) is 13.6. The van der Waals surface area contributed by atoms with Crippen LogP contribution in [0.2, 0.25) is 0 Å². The minimum atomic E-state index is -3.80. The highest BCUT2D eigenvalue weighted by Crippen LogP contribution is 2.16. The molecule has 0 aromatic carbocycles. The molecule has 1 aliphatic rings. The van der Waals surface area contributed by atoms with Crippen molar-refractivity contribution >= 4 is 25.6 Å². The Morgan fingerprint density at radius 3 is 2.31 bits per heavy atom. The summed E-state index contributed by atoms with van der Waals surface area (Å²) in [4.78, 5) is 11.2. The van der Waals surface area contributed by atoms with E-state index in [2.05, 4.69) is 0 Å². The van der Waals surface area contributed by atoms with Gasteiger partial charge in [0.05, 0.1) is 0 Å². The van der Waals surface area contributed by atoms with E-state index in [1.165, 1.54) is 0 Å². The van der Waals surface area contributed by atoms with Crippen LogP contribution < -0.4 is 0 Å². The van der Waals surface area contributed by atoms with E-state index in [9.17, 15) is 21.6 Å². The molecule has 0 aromatic rings. The third-order valence-electron chi connectivity index (χ3n) is 2.39. The summed E-state index contributed by atoms with van der Waals surface area (Å²) in [6, 6.07) is 0. The van der Waals surface area contributed by atoms with Crippen LogP contribution in [0, 0.1) is 5.92 Å². The molecule has 0 aliphatic carbocycles. The molecule has 1 heterocycles. The Labute approximate surface area is 95.6 Å². The molecular weight excluding hydrogens is 254 g/mol. The van der Waals surface area contributed by atoms with Gasteiger partial charge in [-0.1, -0.05) is 6.92 Å². The Morgan fingerprint density at radius 1 is 1.31 bits per heavy atom. The van der Waals surface area contributed by atoms with Crippen molar-refractivity contribution < 1.29 is 21.6 Å². The van der Waals surface area contributed by atoms with Gasteiger partial charge in [-0.15, -0.1) is 0 Å². The Kier molecular flexibility index (Phi) is 3.76. The van der Waals surface area contributed by atoms with Gasteiger partial charge in [0, 0.05) is 31.7 Å². The summed E-state index contributed by atoms with van der Waals surface area (Å²) >= 11 is 0. The predicted octanol–water partition coefficient (Wildman–Crippen LogP) is -0.771. The van der Waals surface area contributed by atoms with Gasteiger partial charge in [0.2, 0.25) is 10.0 Å². The summed E-state index contributed by atoms with van der Waals surface area (Å²) in [6.45, 7) is 1.81. The molecule has 1 fully saturated rings. The van der Waals surface area contributed by atoms with Gasteiger partial charge in [-0.2, -0.15) is 4.31 Å². The van der Waals surface area contributed by atoms with Crippen molar-refractivity contribution in [1.29, 1.82) is 0 Å². The molecule has 6 nitrogen and oxygen atoms in total. The molecule has 1 atom stereocenters. The number of hydrogen-bond donors (Lipinski definition) is 0. The van der Waals surface area contributed by atoms with E-state index in [1.54, 1.807) is 6.92 Å². The van der Waals surface area contributed by atoms with Crippen molar-refractivity contribution in [1.82, 2.24) is 4.31 Å². The predicted molar refractivity (Wildman–Crippen MR) is 59.0 cm³/mol. The van der Waals surface area contributed by atoms with Crippen LogP contribution in [0.5, 0.6) is 0 Å². The second-order valence-corrected chi connectivity index (χ2v) is 8.61. The molecule has 1 unspecified atom stereocenters. The van der Waals surface area contributed by atoms with E-state index in [0.29, 0.717) is 0 Å².